The van der Waals surface area contributed by atoms with Gasteiger partial charge in [-0.3, -0.25) is 4.79 Å². The average molecular weight is 261 g/mol. The molecule has 0 saturated heterocycles. The Balaban J connectivity index is 2.36. The number of hydrogen-bond acceptors (Lipinski definition) is 5. The molecule has 0 aliphatic carbocycles. The molecule has 2 aromatic rings. The van der Waals surface area contributed by atoms with Crippen LogP contribution in [-0.4, -0.2) is 12.6 Å². The fourth-order valence-corrected chi connectivity index (χ4v) is 1.72. The van der Waals surface area contributed by atoms with Gasteiger partial charge < -0.3 is 14.9 Å². The van der Waals surface area contributed by atoms with Crippen LogP contribution in [0, 0.1) is 0 Å². The predicted octanol–water partition coefficient (Wildman–Crippen LogP) is 2.33. The molecule has 0 fully saturated rings. The molecular formula is C14H15NO4. The Morgan fingerprint density at radius 3 is 2.95 bits per heavy atom. The number of rotatable bonds is 4. The minimum absolute atomic E-state index is 0.0980. The molecule has 5 nitrogen and oxygen atoms in total. The summed E-state index contributed by atoms with van der Waals surface area (Å²) in [6.07, 6.45) is 1.70. The largest absolute Gasteiger partial charge is 0.460 e. The first-order valence-electron chi connectivity index (χ1n) is 6.13. The highest BCUT2D eigenvalue weighted by Crippen LogP contribution is 2.18. The summed E-state index contributed by atoms with van der Waals surface area (Å²) < 4.78 is 10.4. The molecule has 0 aliphatic rings. The number of carbonyl (C=O) groups is 1. The third-order valence-electron chi connectivity index (χ3n) is 2.72. The number of nitrogens with two attached hydrogens (primary N) is 1. The van der Waals surface area contributed by atoms with Crippen LogP contribution in [0.15, 0.2) is 33.5 Å². The average Bonchev–Trinajstić information content (AvgIpc) is 2.38. The maximum Gasteiger partial charge on any atom is 0.374 e. The Labute approximate surface area is 110 Å². The molecule has 100 valence electrons. The van der Waals surface area contributed by atoms with Crippen molar-refractivity contribution in [2.24, 2.45) is 0 Å². The van der Waals surface area contributed by atoms with Crippen molar-refractivity contribution >= 4 is 22.6 Å². The highest BCUT2D eigenvalue weighted by molar-refractivity contribution is 5.92. The highest BCUT2D eigenvalue weighted by Gasteiger charge is 2.14. The van der Waals surface area contributed by atoms with Gasteiger partial charge in [-0.25, -0.2) is 4.79 Å². The zero-order chi connectivity index (χ0) is 13.8. The molecule has 0 bridgehead atoms. The molecule has 2 N–H and O–H groups in total. The van der Waals surface area contributed by atoms with E-state index in [0.717, 1.165) is 18.9 Å². The first-order chi connectivity index (χ1) is 9.13. The van der Waals surface area contributed by atoms with E-state index in [0.29, 0.717) is 12.3 Å². The van der Waals surface area contributed by atoms with Crippen molar-refractivity contribution in [1.29, 1.82) is 0 Å². The molecule has 0 spiro atoms. The van der Waals surface area contributed by atoms with Crippen molar-refractivity contribution in [3.63, 3.8) is 0 Å². The van der Waals surface area contributed by atoms with Crippen LogP contribution < -0.4 is 11.2 Å². The van der Waals surface area contributed by atoms with E-state index in [-0.39, 0.29) is 22.2 Å². The van der Waals surface area contributed by atoms with Crippen molar-refractivity contribution in [2.45, 2.75) is 19.8 Å². The molecular weight excluding hydrogens is 246 g/mol. The summed E-state index contributed by atoms with van der Waals surface area (Å²) in [4.78, 5) is 23.6. The Kier molecular flexibility index (Phi) is 3.85. The van der Waals surface area contributed by atoms with Gasteiger partial charge in [-0.15, -0.1) is 0 Å². The van der Waals surface area contributed by atoms with Crippen molar-refractivity contribution < 1.29 is 13.9 Å². The van der Waals surface area contributed by atoms with E-state index in [9.17, 15) is 9.59 Å². The van der Waals surface area contributed by atoms with Crippen LogP contribution in [0.4, 0.5) is 5.69 Å². The van der Waals surface area contributed by atoms with E-state index in [2.05, 4.69) is 0 Å². The van der Waals surface area contributed by atoms with Gasteiger partial charge in [-0.1, -0.05) is 19.4 Å². The third-order valence-corrected chi connectivity index (χ3v) is 2.72. The van der Waals surface area contributed by atoms with Crippen LogP contribution in [0.2, 0.25) is 0 Å². The topological polar surface area (TPSA) is 82.5 Å². The van der Waals surface area contributed by atoms with Gasteiger partial charge in [0.1, 0.15) is 5.58 Å². The van der Waals surface area contributed by atoms with E-state index in [1.54, 1.807) is 18.2 Å². The van der Waals surface area contributed by atoms with Crippen molar-refractivity contribution in [2.75, 3.05) is 12.3 Å². The zero-order valence-corrected chi connectivity index (χ0v) is 10.6. The molecule has 0 aliphatic heterocycles. The monoisotopic (exact) mass is 261 g/mol. The Hall–Kier alpha value is -2.30. The van der Waals surface area contributed by atoms with Gasteiger partial charge in [-0.05, 0) is 18.6 Å². The lowest BCUT2D eigenvalue weighted by Crippen LogP contribution is -2.11. The van der Waals surface area contributed by atoms with Crippen LogP contribution in [0.3, 0.4) is 0 Å². The number of nitrogen functional groups attached to an aromatic ring is 1. The molecule has 0 radical (unpaired) electrons. The second kappa shape index (κ2) is 5.56. The van der Waals surface area contributed by atoms with Crippen molar-refractivity contribution in [3.8, 4) is 0 Å². The lowest BCUT2D eigenvalue weighted by Gasteiger charge is -2.05. The van der Waals surface area contributed by atoms with Gasteiger partial charge in [0.25, 0.3) is 0 Å². The number of ether oxygens (including phenoxy) is 1. The molecule has 0 unspecified atom stereocenters. The summed E-state index contributed by atoms with van der Waals surface area (Å²) in [5.41, 5.74) is 5.98. The molecule has 1 aromatic heterocycles. The number of fused-ring (bicyclic) bond motifs is 1. The van der Waals surface area contributed by atoms with Crippen LogP contribution in [-0.2, 0) is 4.74 Å². The van der Waals surface area contributed by atoms with Gasteiger partial charge in [0.05, 0.1) is 12.0 Å². The maximum atomic E-state index is 11.9. The number of esters is 1. The summed E-state index contributed by atoms with van der Waals surface area (Å²) in [7, 11) is 0. The van der Waals surface area contributed by atoms with Gasteiger partial charge in [0.2, 0.25) is 5.76 Å². The second-order valence-electron chi connectivity index (χ2n) is 4.18. The number of unbranched alkanes of at least 4 members (excludes halogenated alkanes) is 1. The van der Waals surface area contributed by atoms with E-state index in [4.69, 9.17) is 14.9 Å². The second-order valence-corrected chi connectivity index (χ2v) is 4.18. The number of carbonyl (C=O) groups excluding carboxylic acids is 1. The van der Waals surface area contributed by atoms with E-state index in [1.807, 2.05) is 6.92 Å². The first kappa shape index (κ1) is 13.1. The molecule has 0 atom stereocenters. The smallest absolute Gasteiger partial charge is 0.374 e. The predicted molar refractivity (Wildman–Crippen MR) is 72.1 cm³/mol. The SMILES string of the molecule is CCCCOC(=O)c1cc(=O)c2c(N)cccc2o1. The molecule has 1 aromatic carbocycles. The number of anilines is 1. The summed E-state index contributed by atoms with van der Waals surface area (Å²) in [5, 5.41) is 0.285. The minimum atomic E-state index is -0.630. The van der Waals surface area contributed by atoms with Crippen LogP contribution >= 0.6 is 0 Å². The lowest BCUT2D eigenvalue weighted by atomic mass is 10.2. The quantitative estimate of drug-likeness (QED) is 0.519. The van der Waals surface area contributed by atoms with Crippen molar-refractivity contribution in [3.05, 3.63) is 40.2 Å². The summed E-state index contributed by atoms with van der Waals surface area (Å²) in [5.74, 6) is -0.728. The Bertz CT molecular complexity index is 660. The molecule has 0 amide bonds. The number of benzene rings is 1. The van der Waals surface area contributed by atoms with Crippen LogP contribution in [0.5, 0.6) is 0 Å². The summed E-state index contributed by atoms with van der Waals surface area (Å²) >= 11 is 0. The van der Waals surface area contributed by atoms with Gasteiger partial charge in [0.15, 0.2) is 5.43 Å². The minimum Gasteiger partial charge on any atom is -0.460 e. The van der Waals surface area contributed by atoms with Crippen LogP contribution in [0.1, 0.15) is 30.3 Å². The zero-order valence-electron chi connectivity index (χ0n) is 10.6. The van der Waals surface area contributed by atoms with E-state index < -0.39 is 5.97 Å². The first-order valence-corrected chi connectivity index (χ1v) is 6.13. The fraction of sp³-hybridized carbons (Fsp3) is 0.286. The molecule has 0 saturated carbocycles. The molecule has 5 heteroatoms. The Morgan fingerprint density at radius 2 is 2.21 bits per heavy atom. The third kappa shape index (κ3) is 2.76. The van der Waals surface area contributed by atoms with Crippen molar-refractivity contribution in [1.82, 2.24) is 0 Å². The van der Waals surface area contributed by atoms with Crippen LogP contribution in [0.25, 0.3) is 11.0 Å². The molecule has 2 rings (SSSR count). The summed E-state index contributed by atoms with van der Waals surface area (Å²) in [6, 6.07) is 5.98. The van der Waals surface area contributed by atoms with E-state index >= 15 is 0 Å². The maximum absolute atomic E-state index is 11.9. The Morgan fingerprint density at radius 1 is 1.42 bits per heavy atom. The van der Waals surface area contributed by atoms with Gasteiger partial charge in [0, 0.05) is 11.8 Å². The highest BCUT2D eigenvalue weighted by atomic mass is 16.5. The molecule has 1 heterocycles. The summed E-state index contributed by atoms with van der Waals surface area (Å²) in [6.45, 7) is 2.31. The normalized spacial score (nSPS) is 10.6. The van der Waals surface area contributed by atoms with Gasteiger partial charge >= 0.3 is 5.97 Å². The van der Waals surface area contributed by atoms with E-state index in [1.165, 1.54) is 0 Å². The molecule has 19 heavy (non-hydrogen) atoms. The van der Waals surface area contributed by atoms with Gasteiger partial charge in [-0.2, -0.15) is 0 Å². The fourth-order valence-electron chi connectivity index (χ4n) is 1.72. The standard InChI is InChI=1S/C14H15NO4/c1-2-3-7-18-14(17)12-8-10(16)13-9(15)5-4-6-11(13)19-12/h4-6,8H,2-3,7,15H2,1H3. The lowest BCUT2D eigenvalue weighted by molar-refractivity contribution is 0.0464. The number of hydrogen-bond donors (Lipinski definition) is 1.